The summed E-state index contributed by atoms with van der Waals surface area (Å²) in [4.78, 5) is 15.3. The van der Waals surface area contributed by atoms with Crippen molar-refractivity contribution in [1.29, 1.82) is 0 Å². The first-order chi connectivity index (χ1) is 14.3. The van der Waals surface area contributed by atoms with Crippen LogP contribution >= 0.6 is 11.8 Å². The first-order valence-electron chi connectivity index (χ1n) is 9.84. The van der Waals surface area contributed by atoms with Gasteiger partial charge in [-0.3, -0.25) is 4.79 Å². The van der Waals surface area contributed by atoms with Crippen molar-refractivity contribution in [3.05, 3.63) is 66.2 Å². The van der Waals surface area contributed by atoms with E-state index >= 15 is 0 Å². The van der Waals surface area contributed by atoms with Gasteiger partial charge in [0.1, 0.15) is 5.25 Å². The lowest BCUT2D eigenvalue weighted by atomic mass is 10.1. The van der Waals surface area contributed by atoms with Crippen molar-refractivity contribution in [2.45, 2.75) is 23.9 Å². The fraction of sp³-hybridized carbons (Fsp3) is 0.318. The maximum Gasteiger partial charge on any atom is 0.240 e. The molecule has 0 aliphatic carbocycles. The van der Waals surface area contributed by atoms with E-state index in [1.807, 2.05) is 65.6 Å². The summed E-state index contributed by atoms with van der Waals surface area (Å²) in [6, 6.07) is 19.9. The molecule has 7 heteroatoms. The van der Waals surface area contributed by atoms with Crippen LogP contribution in [-0.4, -0.2) is 51.9 Å². The van der Waals surface area contributed by atoms with Crippen LogP contribution in [0.1, 0.15) is 17.7 Å². The van der Waals surface area contributed by atoms with E-state index < -0.39 is 0 Å². The van der Waals surface area contributed by atoms with E-state index in [-0.39, 0.29) is 11.2 Å². The van der Waals surface area contributed by atoms with Crippen molar-refractivity contribution in [3.8, 4) is 11.4 Å². The predicted octanol–water partition coefficient (Wildman–Crippen LogP) is 3.66. The summed E-state index contributed by atoms with van der Waals surface area (Å²) in [5, 5.41) is 9.24. The molecule has 4 rings (SSSR count). The molecule has 0 spiro atoms. The quantitative estimate of drug-likeness (QED) is 0.583. The highest BCUT2D eigenvalue weighted by Crippen LogP contribution is 2.37. The monoisotopic (exact) mass is 408 g/mol. The van der Waals surface area contributed by atoms with Crippen molar-refractivity contribution in [3.63, 3.8) is 0 Å². The third kappa shape index (κ3) is 4.36. The van der Waals surface area contributed by atoms with Gasteiger partial charge in [0.2, 0.25) is 5.91 Å². The Morgan fingerprint density at radius 2 is 1.69 bits per heavy atom. The maximum atomic E-state index is 13.4. The van der Waals surface area contributed by atoms with Gasteiger partial charge >= 0.3 is 0 Å². The van der Waals surface area contributed by atoms with Crippen LogP contribution in [0.2, 0.25) is 0 Å². The molecule has 1 saturated heterocycles. The van der Waals surface area contributed by atoms with Gasteiger partial charge in [-0.15, -0.1) is 10.2 Å². The van der Waals surface area contributed by atoms with Gasteiger partial charge in [-0.1, -0.05) is 72.4 Å². The third-order valence-electron chi connectivity index (χ3n) is 4.94. The minimum atomic E-state index is -0.368. The van der Waals surface area contributed by atoms with E-state index in [0.717, 1.165) is 28.7 Å². The van der Waals surface area contributed by atoms with E-state index in [9.17, 15) is 4.79 Å². The van der Waals surface area contributed by atoms with Crippen LogP contribution in [0.3, 0.4) is 0 Å². The lowest BCUT2D eigenvalue weighted by molar-refractivity contribution is -0.134. The van der Waals surface area contributed by atoms with Gasteiger partial charge < -0.3 is 14.2 Å². The molecule has 0 N–H and O–H groups in total. The Balaban J connectivity index is 1.66. The van der Waals surface area contributed by atoms with Crippen molar-refractivity contribution in [1.82, 2.24) is 19.7 Å². The highest BCUT2D eigenvalue weighted by molar-refractivity contribution is 8.00. The second-order valence-electron chi connectivity index (χ2n) is 6.76. The molecule has 3 aromatic rings. The average Bonchev–Trinajstić information content (AvgIpc) is 3.21. The van der Waals surface area contributed by atoms with Gasteiger partial charge in [0.15, 0.2) is 11.0 Å². The van der Waals surface area contributed by atoms with Crippen molar-refractivity contribution in [2.75, 3.05) is 26.3 Å². The van der Waals surface area contributed by atoms with Gasteiger partial charge in [-0.2, -0.15) is 0 Å². The number of carbonyl (C=O) groups is 1. The standard InChI is InChI=1S/C22H24N4O2S/c1-2-26-20(18-11-7-4-8-12-18)23-24-22(26)29-19(17-9-5-3-6-10-17)21(27)25-13-15-28-16-14-25/h3-12,19H,2,13-16H2,1H3/t19-/m1/s1. The fourth-order valence-corrected chi connectivity index (χ4v) is 4.59. The number of hydrogen-bond acceptors (Lipinski definition) is 5. The first kappa shape index (κ1) is 19.7. The Bertz CT molecular complexity index is 940. The Labute approximate surface area is 174 Å². The number of carbonyl (C=O) groups excluding carboxylic acids is 1. The van der Waals surface area contributed by atoms with Gasteiger partial charge in [-0.05, 0) is 12.5 Å². The SMILES string of the molecule is CCn1c(S[C@@H](C(=O)N2CCOCC2)c2ccccc2)nnc1-c1ccccc1. The van der Waals surface area contributed by atoms with Gasteiger partial charge in [0, 0.05) is 25.2 Å². The summed E-state index contributed by atoms with van der Waals surface area (Å²) in [6.45, 7) is 5.22. The minimum Gasteiger partial charge on any atom is -0.378 e. The molecule has 2 aromatic carbocycles. The summed E-state index contributed by atoms with van der Waals surface area (Å²) in [5.41, 5.74) is 1.99. The number of hydrogen-bond donors (Lipinski definition) is 0. The number of morpholine rings is 1. The smallest absolute Gasteiger partial charge is 0.240 e. The molecule has 0 bridgehead atoms. The highest BCUT2D eigenvalue weighted by Gasteiger charge is 2.30. The topological polar surface area (TPSA) is 60.2 Å². The number of ether oxygens (including phenoxy) is 1. The van der Waals surface area contributed by atoms with Gasteiger partial charge in [-0.25, -0.2) is 0 Å². The van der Waals surface area contributed by atoms with Gasteiger partial charge in [0.25, 0.3) is 0 Å². The second-order valence-corrected chi connectivity index (χ2v) is 7.83. The molecule has 0 saturated carbocycles. The molecule has 1 aliphatic heterocycles. The van der Waals surface area contributed by atoms with Crippen LogP contribution in [0.15, 0.2) is 65.8 Å². The Kier molecular flexibility index (Phi) is 6.27. The summed E-state index contributed by atoms with van der Waals surface area (Å²) in [7, 11) is 0. The second kappa shape index (κ2) is 9.24. The van der Waals surface area contributed by atoms with Crippen molar-refractivity contribution in [2.24, 2.45) is 0 Å². The Morgan fingerprint density at radius 3 is 2.34 bits per heavy atom. The molecule has 1 atom stereocenters. The van der Waals surface area contributed by atoms with E-state index in [1.165, 1.54) is 11.8 Å². The van der Waals surface area contributed by atoms with Crippen LogP contribution in [0.5, 0.6) is 0 Å². The Hall–Kier alpha value is -2.64. The largest absolute Gasteiger partial charge is 0.378 e. The maximum absolute atomic E-state index is 13.4. The van der Waals surface area contributed by atoms with E-state index in [1.54, 1.807) is 0 Å². The lowest BCUT2D eigenvalue weighted by Gasteiger charge is -2.30. The zero-order chi connectivity index (χ0) is 20.1. The molecule has 1 fully saturated rings. The van der Waals surface area contributed by atoms with Gasteiger partial charge in [0.05, 0.1) is 13.2 Å². The summed E-state index contributed by atoms with van der Waals surface area (Å²) in [6.07, 6.45) is 0. The van der Waals surface area contributed by atoms with Crippen LogP contribution in [0, 0.1) is 0 Å². The molecule has 1 aromatic heterocycles. The normalized spacial score (nSPS) is 15.3. The van der Waals surface area contributed by atoms with Crippen molar-refractivity contribution >= 4 is 17.7 Å². The molecular weight excluding hydrogens is 384 g/mol. The average molecular weight is 409 g/mol. The first-order valence-corrected chi connectivity index (χ1v) is 10.7. The predicted molar refractivity (Wildman–Crippen MR) is 114 cm³/mol. The molecule has 0 unspecified atom stereocenters. The number of thioether (sulfide) groups is 1. The number of nitrogens with zero attached hydrogens (tertiary/aromatic N) is 4. The van der Waals surface area contributed by atoms with Crippen molar-refractivity contribution < 1.29 is 9.53 Å². The molecule has 6 nitrogen and oxygen atoms in total. The molecule has 150 valence electrons. The number of aromatic nitrogens is 3. The summed E-state index contributed by atoms with van der Waals surface area (Å²) >= 11 is 1.47. The zero-order valence-corrected chi connectivity index (χ0v) is 17.2. The van der Waals surface area contributed by atoms with E-state index in [0.29, 0.717) is 26.3 Å². The molecule has 1 amide bonds. The highest BCUT2D eigenvalue weighted by atomic mass is 32.2. The van der Waals surface area contributed by atoms with E-state index in [4.69, 9.17) is 4.74 Å². The minimum absolute atomic E-state index is 0.0939. The van der Waals surface area contributed by atoms with Crippen LogP contribution in [0.25, 0.3) is 11.4 Å². The summed E-state index contributed by atoms with van der Waals surface area (Å²) in [5.74, 6) is 0.914. The third-order valence-corrected chi connectivity index (χ3v) is 6.16. The number of benzene rings is 2. The molecule has 29 heavy (non-hydrogen) atoms. The molecule has 1 aliphatic rings. The summed E-state index contributed by atoms with van der Waals surface area (Å²) < 4.78 is 7.49. The number of amides is 1. The van der Waals surface area contributed by atoms with Crippen LogP contribution < -0.4 is 0 Å². The number of rotatable bonds is 6. The Morgan fingerprint density at radius 1 is 1.03 bits per heavy atom. The molecule has 0 radical (unpaired) electrons. The van der Waals surface area contributed by atoms with E-state index in [2.05, 4.69) is 21.7 Å². The fourth-order valence-electron chi connectivity index (χ4n) is 3.41. The van der Waals surface area contributed by atoms with Crippen LogP contribution in [-0.2, 0) is 16.1 Å². The lowest BCUT2D eigenvalue weighted by Crippen LogP contribution is -2.42. The zero-order valence-electron chi connectivity index (χ0n) is 16.4. The van der Waals surface area contributed by atoms with Crippen LogP contribution in [0.4, 0.5) is 0 Å². The molecule has 2 heterocycles. The molecular formula is C22H24N4O2S.